The number of rotatable bonds is 10. The summed E-state index contributed by atoms with van der Waals surface area (Å²) in [5.74, 6) is 0.527. The average Bonchev–Trinajstić information content (AvgIpc) is 2.39. The second-order valence-corrected chi connectivity index (χ2v) is 6.22. The molecule has 20 heavy (non-hydrogen) atoms. The average molecular weight is 301 g/mol. The topological polar surface area (TPSA) is 55.1 Å². The normalized spacial score (nSPS) is 13.3. The molecule has 0 bridgehead atoms. The molecule has 3 N–H and O–H groups in total. The molecule has 0 radical (unpaired) electrons. The first-order chi connectivity index (χ1) is 9.39. The van der Waals surface area contributed by atoms with Crippen LogP contribution in [-0.2, 0) is 4.79 Å². The molecule has 0 saturated heterocycles. The molecule has 1 unspecified atom stereocenters. The van der Waals surface area contributed by atoms with Crippen molar-refractivity contribution < 1.29 is 4.79 Å². The van der Waals surface area contributed by atoms with Gasteiger partial charge >= 0.3 is 0 Å². The zero-order valence-electron chi connectivity index (χ0n) is 13.8. The summed E-state index contributed by atoms with van der Waals surface area (Å²) in [5.41, 5.74) is 5.26. The number of nitrogens with one attached hydrogen (secondary N) is 1. The number of amides is 1. The Labute approximate surface area is 130 Å². The van der Waals surface area contributed by atoms with Gasteiger partial charge in [0.15, 0.2) is 0 Å². The minimum atomic E-state index is -0.668. The van der Waals surface area contributed by atoms with Gasteiger partial charge in [-0.1, -0.05) is 65.6 Å². The Hall–Kier alpha value is -0.640. The second kappa shape index (κ2) is 9.32. The van der Waals surface area contributed by atoms with E-state index >= 15 is 0 Å². The van der Waals surface area contributed by atoms with Crippen molar-refractivity contribution >= 4 is 23.1 Å². The maximum absolute atomic E-state index is 12.8. The fourth-order valence-electron chi connectivity index (χ4n) is 3.02. The molecule has 0 rings (SSSR count). The fraction of sp³-hybridized carbons (Fsp3) is 0.875. The van der Waals surface area contributed by atoms with Crippen molar-refractivity contribution in [1.82, 2.24) is 5.32 Å². The lowest BCUT2D eigenvalue weighted by molar-refractivity contribution is -0.129. The number of carbonyl (C=O) groups excluding carboxylic acids is 1. The van der Waals surface area contributed by atoms with E-state index < -0.39 is 5.41 Å². The van der Waals surface area contributed by atoms with Crippen molar-refractivity contribution in [1.29, 1.82) is 0 Å². The van der Waals surface area contributed by atoms with Gasteiger partial charge in [0.1, 0.15) is 0 Å². The van der Waals surface area contributed by atoms with Crippen LogP contribution >= 0.6 is 12.2 Å². The molecule has 0 aromatic heterocycles. The quantitative estimate of drug-likeness (QED) is 0.603. The van der Waals surface area contributed by atoms with Crippen LogP contribution in [0.25, 0.3) is 0 Å². The predicted octanol–water partition coefficient (Wildman–Crippen LogP) is 3.80. The Balaban J connectivity index is 5.08. The SMILES string of the molecule is CCCC(CCC)(C(=O)NC(C)C(CC)CC)C(N)=S. The van der Waals surface area contributed by atoms with E-state index in [1.165, 1.54) is 0 Å². The summed E-state index contributed by atoms with van der Waals surface area (Å²) in [5, 5.41) is 3.17. The number of hydrogen-bond donors (Lipinski definition) is 2. The summed E-state index contributed by atoms with van der Waals surface area (Å²) in [4.78, 5) is 13.1. The van der Waals surface area contributed by atoms with Crippen LogP contribution in [0.2, 0.25) is 0 Å². The van der Waals surface area contributed by atoms with Gasteiger partial charge in [-0.15, -0.1) is 0 Å². The summed E-state index contributed by atoms with van der Waals surface area (Å²) in [6, 6.07) is 0.167. The third-order valence-corrected chi connectivity index (χ3v) is 4.77. The highest BCUT2D eigenvalue weighted by Gasteiger charge is 2.40. The lowest BCUT2D eigenvalue weighted by Crippen LogP contribution is -2.52. The molecule has 0 aromatic carbocycles. The van der Waals surface area contributed by atoms with E-state index in [1.54, 1.807) is 0 Å². The van der Waals surface area contributed by atoms with Gasteiger partial charge in [0.25, 0.3) is 0 Å². The molecule has 0 saturated carbocycles. The summed E-state index contributed by atoms with van der Waals surface area (Å²) in [6.45, 7) is 10.5. The molecule has 4 heteroatoms. The molecule has 1 atom stereocenters. The van der Waals surface area contributed by atoms with Gasteiger partial charge in [-0.25, -0.2) is 0 Å². The minimum absolute atomic E-state index is 0.0214. The largest absolute Gasteiger partial charge is 0.392 e. The molecule has 0 aromatic rings. The molecular weight excluding hydrogens is 268 g/mol. The van der Waals surface area contributed by atoms with Crippen molar-refractivity contribution in [2.24, 2.45) is 17.1 Å². The molecular formula is C16H32N2OS. The number of thiocarbonyl (C=S) groups is 1. The first kappa shape index (κ1) is 19.4. The molecule has 1 amide bonds. The molecule has 0 aliphatic carbocycles. The van der Waals surface area contributed by atoms with Crippen LogP contribution in [0, 0.1) is 11.3 Å². The Morgan fingerprint density at radius 3 is 1.90 bits per heavy atom. The Kier molecular flexibility index (Phi) is 9.03. The first-order valence-electron chi connectivity index (χ1n) is 8.00. The van der Waals surface area contributed by atoms with Gasteiger partial charge in [0.2, 0.25) is 5.91 Å². The Morgan fingerprint density at radius 1 is 1.15 bits per heavy atom. The standard InChI is InChI=1S/C16H32N2OS/c1-6-10-16(11-7-2,14(17)20)15(19)18-12(5)13(8-3)9-4/h12-13H,6-11H2,1-5H3,(H2,17,20)(H,18,19). The van der Waals surface area contributed by atoms with Crippen molar-refractivity contribution in [2.45, 2.75) is 79.2 Å². The van der Waals surface area contributed by atoms with E-state index in [1.807, 2.05) is 0 Å². The molecule has 0 heterocycles. The highest BCUT2D eigenvalue weighted by molar-refractivity contribution is 7.80. The lowest BCUT2D eigenvalue weighted by Gasteiger charge is -2.34. The number of hydrogen-bond acceptors (Lipinski definition) is 2. The summed E-state index contributed by atoms with van der Waals surface area (Å²) in [7, 11) is 0. The van der Waals surface area contributed by atoms with Crippen LogP contribution < -0.4 is 11.1 Å². The van der Waals surface area contributed by atoms with Gasteiger partial charge in [0.05, 0.1) is 10.4 Å². The van der Waals surface area contributed by atoms with Crippen molar-refractivity contribution in [3.8, 4) is 0 Å². The van der Waals surface area contributed by atoms with Crippen LogP contribution in [-0.4, -0.2) is 16.9 Å². The van der Waals surface area contributed by atoms with Crippen LogP contribution in [0.15, 0.2) is 0 Å². The molecule has 0 aliphatic rings. The fourth-order valence-corrected chi connectivity index (χ4v) is 3.32. The molecule has 0 fully saturated rings. The molecule has 0 aliphatic heterocycles. The molecule has 0 spiro atoms. The van der Waals surface area contributed by atoms with Gasteiger partial charge in [-0.2, -0.15) is 0 Å². The summed E-state index contributed by atoms with van der Waals surface area (Å²) < 4.78 is 0. The molecule has 3 nitrogen and oxygen atoms in total. The van der Waals surface area contributed by atoms with Crippen molar-refractivity contribution in [2.75, 3.05) is 0 Å². The maximum atomic E-state index is 12.8. The van der Waals surface area contributed by atoms with Crippen molar-refractivity contribution in [3.63, 3.8) is 0 Å². The predicted molar refractivity (Wildman–Crippen MR) is 90.7 cm³/mol. The monoisotopic (exact) mass is 300 g/mol. The number of carbonyl (C=O) groups is 1. The van der Waals surface area contributed by atoms with Gasteiger partial charge < -0.3 is 11.1 Å². The van der Waals surface area contributed by atoms with Crippen LogP contribution in [0.4, 0.5) is 0 Å². The first-order valence-corrected chi connectivity index (χ1v) is 8.41. The van der Waals surface area contributed by atoms with Gasteiger partial charge in [0, 0.05) is 6.04 Å². The van der Waals surface area contributed by atoms with E-state index in [9.17, 15) is 4.79 Å². The van der Waals surface area contributed by atoms with E-state index in [-0.39, 0.29) is 11.9 Å². The van der Waals surface area contributed by atoms with Gasteiger partial charge in [-0.3, -0.25) is 4.79 Å². The summed E-state index contributed by atoms with van der Waals surface area (Å²) in [6.07, 6.45) is 5.42. The van der Waals surface area contributed by atoms with E-state index in [2.05, 4.69) is 39.9 Å². The van der Waals surface area contributed by atoms with Crippen LogP contribution in [0.5, 0.6) is 0 Å². The van der Waals surface area contributed by atoms with Crippen LogP contribution in [0.3, 0.4) is 0 Å². The minimum Gasteiger partial charge on any atom is -0.392 e. The lowest BCUT2D eigenvalue weighted by atomic mass is 9.77. The van der Waals surface area contributed by atoms with Crippen molar-refractivity contribution in [3.05, 3.63) is 0 Å². The van der Waals surface area contributed by atoms with E-state index in [0.717, 1.165) is 38.5 Å². The number of nitrogens with two attached hydrogens (primary N) is 1. The maximum Gasteiger partial charge on any atom is 0.233 e. The highest BCUT2D eigenvalue weighted by atomic mass is 32.1. The third-order valence-electron chi connectivity index (χ3n) is 4.37. The van der Waals surface area contributed by atoms with Crippen LogP contribution in [0.1, 0.15) is 73.1 Å². The smallest absolute Gasteiger partial charge is 0.233 e. The summed E-state index contributed by atoms with van der Waals surface area (Å²) >= 11 is 5.23. The van der Waals surface area contributed by atoms with E-state index in [0.29, 0.717) is 10.9 Å². The second-order valence-electron chi connectivity index (χ2n) is 5.79. The molecule has 118 valence electrons. The zero-order chi connectivity index (χ0) is 15.8. The zero-order valence-corrected chi connectivity index (χ0v) is 14.6. The van der Waals surface area contributed by atoms with E-state index in [4.69, 9.17) is 18.0 Å². The Morgan fingerprint density at radius 2 is 1.60 bits per heavy atom. The van der Waals surface area contributed by atoms with Gasteiger partial charge in [-0.05, 0) is 25.7 Å². The third kappa shape index (κ3) is 4.72. The highest BCUT2D eigenvalue weighted by Crippen LogP contribution is 2.31. The Bertz CT molecular complexity index is 308.